The molecule has 1 heterocycles. The molecule has 1 N–H and O–H groups in total. The first kappa shape index (κ1) is 26.0. The Kier molecular flexibility index (Phi) is 9.37. The van der Waals surface area contributed by atoms with E-state index in [2.05, 4.69) is 0 Å². The molecule has 0 aliphatic carbocycles. The predicted molar refractivity (Wildman–Crippen MR) is 119 cm³/mol. The summed E-state index contributed by atoms with van der Waals surface area (Å²) in [5.41, 5.74) is -2.64. The van der Waals surface area contributed by atoms with E-state index in [1.165, 1.54) is 30.3 Å². The van der Waals surface area contributed by atoms with Gasteiger partial charge in [0, 0.05) is 24.9 Å². The zero-order chi connectivity index (χ0) is 23.8. The number of ether oxygens (including phenoxy) is 1. The zero-order valence-electron chi connectivity index (χ0n) is 19.2. The predicted octanol–water partition coefficient (Wildman–Crippen LogP) is 4.98. The molecule has 2 atom stereocenters. The number of esters is 1. The van der Waals surface area contributed by atoms with E-state index in [9.17, 15) is 23.5 Å². The van der Waals surface area contributed by atoms with Crippen molar-refractivity contribution < 1.29 is 28.2 Å². The highest BCUT2D eigenvalue weighted by atomic mass is 19.3. The fraction of sp³-hybridized carbons (Fsp3) is 0.600. The number of aliphatic hydroxyl groups is 1. The average molecular weight is 452 g/mol. The van der Waals surface area contributed by atoms with Gasteiger partial charge in [-0.2, -0.15) is 8.78 Å². The van der Waals surface area contributed by atoms with E-state index < -0.39 is 11.5 Å². The number of amides is 1. The van der Waals surface area contributed by atoms with Gasteiger partial charge >= 0.3 is 11.9 Å². The number of benzene rings is 1. The standard InChI is InChI=1S/C25H35F2NO4/c1-19(2)32-23(30)13-9-4-5-10-18-28-21(14-15-22(28)29)16-17-24(3,31)25(26,27)20-11-7-6-8-12-20/h6-8,11-12,16-17,19,21,31H,4-5,9-10,13-15,18H2,1-3H3/t21-,24-/m1/s1. The van der Waals surface area contributed by atoms with Crippen LogP contribution in [0.25, 0.3) is 0 Å². The minimum Gasteiger partial charge on any atom is -0.463 e. The van der Waals surface area contributed by atoms with Crippen LogP contribution >= 0.6 is 0 Å². The maximum absolute atomic E-state index is 14.8. The van der Waals surface area contributed by atoms with E-state index in [0.717, 1.165) is 38.7 Å². The summed E-state index contributed by atoms with van der Waals surface area (Å²) in [4.78, 5) is 25.5. The van der Waals surface area contributed by atoms with Gasteiger partial charge in [-0.1, -0.05) is 49.2 Å². The van der Waals surface area contributed by atoms with Gasteiger partial charge in [0.05, 0.1) is 12.1 Å². The summed E-state index contributed by atoms with van der Waals surface area (Å²) >= 11 is 0. The third-order valence-electron chi connectivity index (χ3n) is 5.69. The van der Waals surface area contributed by atoms with Crippen LogP contribution in [0.4, 0.5) is 8.78 Å². The first-order valence-corrected chi connectivity index (χ1v) is 11.4. The molecule has 1 fully saturated rings. The molecule has 0 radical (unpaired) electrons. The number of nitrogens with zero attached hydrogens (tertiary/aromatic N) is 1. The van der Waals surface area contributed by atoms with Crippen molar-refractivity contribution >= 4 is 11.9 Å². The molecule has 1 aliphatic rings. The van der Waals surface area contributed by atoms with E-state index >= 15 is 0 Å². The lowest BCUT2D eigenvalue weighted by Crippen LogP contribution is -2.42. The van der Waals surface area contributed by atoms with Crippen LogP contribution in [0.3, 0.4) is 0 Å². The Labute approximate surface area is 189 Å². The lowest BCUT2D eigenvalue weighted by molar-refractivity contribution is -0.152. The van der Waals surface area contributed by atoms with Crippen LogP contribution in [0.2, 0.25) is 0 Å². The number of carbonyl (C=O) groups excluding carboxylic acids is 2. The van der Waals surface area contributed by atoms with Crippen LogP contribution in [0, 0.1) is 0 Å². The largest absolute Gasteiger partial charge is 0.463 e. The molecule has 0 spiro atoms. The van der Waals surface area contributed by atoms with Gasteiger partial charge in [0.25, 0.3) is 0 Å². The van der Waals surface area contributed by atoms with Crippen molar-refractivity contribution in [1.82, 2.24) is 4.90 Å². The number of carbonyl (C=O) groups is 2. The zero-order valence-corrected chi connectivity index (χ0v) is 19.2. The van der Waals surface area contributed by atoms with Gasteiger partial charge < -0.3 is 14.7 Å². The highest BCUT2D eigenvalue weighted by Crippen LogP contribution is 2.40. The minimum atomic E-state index is -3.46. The third-order valence-corrected chi connectivity index (χ3v) is 5.69. The number of hydrogen-bond acceptors (Lipinski definition) is 4. The maximum atomic E-state index is 14.8. The van der Waals surface area contributed by atoms with Gasteiger partial charge in [0.1, 0.15) is 5.60 Å². The Balaban J connectivity index is 1.85. The second-order valence-corrected chi connectivity index (χ2v) is 8.84. The fourth-order valence-electron chi connectivity index (χ4n) is 3.82. The normalized spacial score (nSPS) is 19.0. The highest BCUT2D eigenvalue weighted by molar-refractivity contribution is 5.79. The van der Waals surface area contributed by atoms with E-state index in [-0.39, 0.29) is 29.6 Å². The summed E-state index contributed by atoms with van der Waals surface area (Å²) in [7, 11) is 0. The Morgan fingerprint density at radius 2 is 1.88 bits per heavy atom. The summed E-state index contributed by atoms with van der Waals surface area (Å²) in [5.74, 6) is -3.66. The molecule has 1 amide bonds. The lowest BCUT2D eigenvalue weighted by Gasteiger charge is -2.31. The summed E-state index contributed by atoms with van der Waals surface area (Å²) in [6, 6.07) is 6.93. The first-order valence-electron chi connectivity index (χ1n) is 11.4. The molecule has 0 unspecified atom stereocenters. The maximum Gasteiger partial charge on any atom is 0.306 e. The summed E-state index contributed by atoms with van der Waals surface area (Å²) in [6.07, 6.45) is 7.06. The molecule has 7 heteroatoms. The number of hydrogen-bond donors (Lipinski definition) is 1. The van der Waals surface area contributed by atoms with Gasteiger partial charge in [0.15, 0.2) is 0 Å². The molecule has 0 aromatic heterocycles. The van der Waals surface area contributed by atoms with Crippen molar-refractivity contribution in [2.24, 2.45) is 0 Å². The molecule has 1 aromatic carbocycles. The van der Waals surface area contributed by atoms with E-state index in [4.69, 9.17) is 4.74 Å². The number of alkyl halides is 2. The lowest BCUT2D eigenvalue weighted by atomic mass is 9.90. The monoisotopic (exact) mass is 451 g/mol. The van der Waals surface area contributed by atoms with Crippen molar-refractivity contribution in [3.8, 4) is 0 Å². The topological polar surface area (TPSA) is 66.8 Å². The molecule has 1 saturated heterocycles. The SMILES string of the molecule is CC(C)OC(=O)CCCCCCN1C(=O)CC[C@@H]1C=C[C@@](C)(O)C(F)(F)c1ccccc1. The van der Waals surface area contributed by atoms with Crippen LogP contribution in [-0.4, -0.2) is 46.2 Å². The van der Waals surface area contributed by atoms with Crippen LogP contribution in [-0.2, 0) is 20.2 Å². The molecular weight excluding hydrogens is 416 g/mol. The van der Waals surface area contributed by atoms with Crippen LogP contribution in [0.15, 0.2) is 42.5 Å². The molecule has 5 nitrogen and oxygen atoms in total. The van der Waals surface area contributed by atoms with Crippen molar-refractivity contribution in [3.05, 3.63) is 48.0 Å². The van der Waals surface area contributed by atoms with E-state index in [1.54, 1.807) is 11.0 Å². The molecule has 2 rings (SSSR count). The molecule has 0 bridgehead atoms. The first-order chi connectivity index (χ1) is 15.0. The van der Waals surface area contributed by atoms with Crippen LogP contribution < -0.4 is 0 Å². The number of likely N-dealkylation sites (tertiary alicyclic amines) is 1. The Morgan fingerprint density at radius 3 is 2.53 bits per heavy atom. The number of rotatable bonds is 12. The summed E-state index contributed by atoms with van der Waals surface area (Å²) in [5, 5.41) is 10.5. The third kappa shape index (κ3) is 7.12. The molecule has 32 heavy (non-hydrogen) atoms. The molecule has 1 aromatic rings. The minimum absolute atomic E-state index is 0.00498. The number of halogens is 2. The van der Waals surface area contributed by atoms with E-state index in [1.807, 2.05) is 13.8 Å². The Hall–Kier alpha value is -2.28. The van der Waals surface area contributed by atoms with Crippen LogP contribution in [0.1, 0.15) is 71.3 Å². The molecule has 178 valence electrons. The molecule has 0 saturated carbocycles. The molecule has 1 aliphatic heterocycles. The van der Waals surface area contributed by atoms with Crippen LogP contribution in [0.5, 0.6) is 0 Å². The highest BCUT2D eigenvalue weighted by Gasteiger charge is 2.49. The second kappa shape index (κ2) is 11.5. The van der Waals surface area contributed by atoms with Crippen molar-refractivity contribution in [2.75, 3.05) is 6.54 Å². The van der Waals surface area contributed by atoms with Gasteiger partial charge in [-0.25, -0.2) is 0 Å². The fourth-order valence-corrected chi connectivity index (χ4v) is 3.82. The Morgan fingerprint density at radius 1 is 1.22 bits per heavy atom. The second-order valence-electron chi connectivity index (χ2n) is 8.84. The van der Waals surface area contributed by atoms with Gasteiger partial charge in [-0.15, -0.1) is 0 Å². The van der Waals surface area contributed by atoms with Crippen molar-refractivity contribution in [3.63, 3.8) is 0 Å². The summed E-state index contributed by atoms with van der Waals surface area (Å²) in [6.45, 7) is 5.25. The molecular formula is C25H35F2NO4. The van der Waals surface area contributed by atoms with Crippen molar-refractivity contribution in [1.29, 1.82) is 0 Å². The average Bonchev–Trinajstić information content (AvgIpc) is 3.08. The number of unbranched alkanes of at least 4 members (excludes halogenated alkanes) is 3. The van der Waals surface area contributed by atoms with Gasteiger partial charge in [-0.05, 0) is 46.1 Å². The summed E-state index contributed by atoms with van der Waals surface area (Å²) < 4.78 is 34.7. The van der Waals surface area contributed by atoms with E-state index in [0.29, 0.717) is 25.8 Å². The quantitative estimate of drug-likeness (QED) is 0.277. The van der Waals surface area contributed by atoms with Gasteiger partial charge in [-0.3, -0.25) is 9.59 Å². The van der Waals surface area contributed by atoms with Gasteiger partial charge in [0.2, 0.25) is 5.91 Å². The smallest absolute Gasteiger partial charge is 0.306 e. The Bertz CT molecular complexity index is 777. The van der Waals surface area contributed by atoms with Crippen molar-refractivity contribution in [2.45, 2.75) is 89.4 Å².